The molecular weight excluding hydrogens is 574 g/mol. The van der Waals surface area contributed by atoms with Gasteiger partial charge in [0.05, 0.1) is 6.61 Å². The van der Waals surface area contributed by atoms with Gasteiger partial charge < -0.3 is 30.1 Å². The highest BCUT2D eigenvalue weighted by atomic mass is 16.6. The van der Waals surface area contributed by atoms with Gasteiger partial charge in [-0.05, 0) is 70.7 Å². The first kappa shape index (κ1) is 36.8. The van der Waals surface area contributed by atoms with Gasteiger partial charge in [-0.1, -0.05) is 62.2 Å². The number of hydrogen-bond donors (Lipinski definition) is 3. The van der Waals surface area contributed by atoms with Crippen LogP contribution in [0.1, 0.15) is 78.1 Å². The average molecular weight is 622 g/mol. The minimum atomic E-state index is -1.31. The number of nitrogens with zero attached hydrogens (tertiary/aromatic N) is 1. The number of ether oxygens (including phenoxy) is 2. The van der Waals surface area contributed by atoms with Crippen LogP contribution in [0.2, 0.25) is 0 Å². The van der Waals surface area contributed by atoms with Crippen LogP contribution in [0.5, 0.6) is 0 Å². The molecule has 244 valence electrons. The van der Waals surface area contributed by atoms with E-state index in [1.54, 1.807) is 79.7 Å². The lowest BCUT2D eigenvalue weighted by atomic mass is 9.97. The fraction of sp³-hybridized carbons (Fsp3) is 0.486. The van der Waals surface area contributed by atoms with Crippen LogP contribution in [-0.2, 0) is 30.3 Å². The van der Waals surface area contributed by atoms with Crippen LogP contribution in [0.15, 0.2) is 54.6 Å². The van der Waals surface area contributed by atoms with Crippen LogP contribution in [0.3, 0.4) is 0 Å². The predicted molar refractivity (Wildman–Crippen MR) is 172 cm³/mol. The zero-order chi connectivity index (χ0) is 33.9. The lowest BCUT2D eigenvalue weighted by molar-refractivity contribution is -0.159. The summed E-state index contributed by atoms with van der Waals surface area (Å²) in [5.41, 5.74) is 0.0953. The van der Waals surface area contributed by atoms with E-state index in [0.29, 0.717) is 11.1 Å². The number of alkyl carbamates (subject to hydrolysis) is 1. The summed E-state index contributed by atoms with van der Waals surface area (Å²) in [5.74, 6) is 0.163. The van der Waals surface area contributed by atoms with Gasteiger partial charge in [-0.3, -0.25) is 9.59 Å². The van der Waals surface area contributed by atoms with Crippen molar-refractivity contribution < 1.29 is 33.8 Å². The minimum Gasteiger partial charge on any atom is -0.458 e. The van der Waals surface area contributed by atoms with E-state index in [1.165, 1.54) is 4.90 Å². The number of amides is 3. The third-order valence-electron chi connectivity index (χ3n) is 6.47. The summed E-state index contributed by atoms with van der Waals surface area (Å²) < 4.78 is 11.0. The topological polar surface area (TPSA) is 134 Å². The van der Waals surface area contributed by atoms with Crippen molar-refractivity contribution in [3.8, 4) is 12.3 Å². The first-order chi connectivity index (χ1) is 21.0. The second-order valence-corrected chi connectivity index (χ2v) is 13.1. The van der Waals surface area contributed by atoms with Crippen molar-refractivity contribution in [1.82, 2.24) is 15.5 Å². The molecule has 0 fully saturated rings. The summed E-state index contributed by atoms with van der Waals surface area (Å²) in [6, 6.07) is 12.1. The van der Waals surface area contributed by atoms with E-state index in [1.807, 2.05) is 30.3 Å². The van der Waals surface area contributed by atoms with E-state index >= 15 is 0 Å². The largest absolute Gasteiger partial charge is 0.458 e. The Hall–Kier alpha value is -4.36. The molecule has 0 radical (unpaired) electrons. The Kier molecular flexibility index (Phi) is 13.2. The van der Waals surface area contributed by atoms with Crippen LogP contribution in [0.4, 0.5) is 4.79 Å². The highest BCUT2D eigenvalue weighted by molar-refractivity contribution is 5.94. The molecule has 3 unspecified atom stereocenters. The smallest absolute Gasteiger partial charge is 0.408 e. The van der Waals surface area contributed by atoms with Gasteiger partial charge in [-0.2, -0.15) is 0 Å². The number of terminal acetylenes is 1. The second-order valence-electron chi connectivity index (χ2n) is 13.1. The SMILES string of the molecule is C#Cc1ccc(C(C(=O)NC(Cc2ccccc2)C(=O)OC(C)(C)C)N(CCO)C(=O)C(NC(=O)OC(C)(C)C)C(C)C)cc1. The van der Waals surface area contributed by atoms with E-state index in [4.69, 9.17) is 15.9 Å². The molecule has 0 aromatic heterocycles. The second kappa shape index (κ2) is 16.1. The number of benzene rings is 2. The van der Waals surface area contributed by atoms with E-state index < -0.39 is 65.7 Å². The maximum atomic E-state index is 14.2. The first-order valence-electron chi connectivity index (χ1n) is 15.0. The summed E-state index contributed by atoms with van der Waals surface area (Å²) in [4.78, 5) is 55.7. The highest BCUT2D eigenvalue weighted by Gasteiger charge is 2.39. The van der Waals surface area contributed by atoms with Crippen LogP contribution >= 0.6 is 0 Å². The van der Waals surface area contributed by atoms with Crippen LogP contribution in [0, 0.1) is 18.3 Å². The molecule has 0 saturated heterocycles. The van der Waals surface area contributed by atoms with Gasteiger partial charge in [-0.25, -0.2) is 9.59 Å². The lowest BCUT2D eigenvalue weighted by Gasteiger charge is -2.36. The quantitative estimate of drug-likeness (QED) is 0.240. The van der Waals surface area contributed by atoms with Crippen LogP contribution in [-0.4, -0.2) is 70.3 Å². The van der Waals surface area contributed by atoms with E-state index in [2.05, 4.69) is 16.6 Å². The monoisotopic (exact) mass is 621 g/mol. The van der Waals surface area contributed by atoms with Gasteiger partial charge in [0.25, 0.3) is 0 Å². The van der Waals surface area contributed by atoms with Crippen molar-refractivity contribution in [1.29, 1.82) is 0 Å². The molecule has 0 saturated carbocycles. The number of rotatable bonds is 12. The summed E-state index contributed by atoms with van der Waals surface area (Å²) in [7, 11) is 0. The molecule has 3 N–H and O–H groups in total. The standard InChI is InChI=1S/C35H47N3O7/c1-10-24-16-18-26(19-17-24)29(38(20-21-39)31(41)28(23(2)3)37-33(43)45-35(7,8)9)30(40)36-27(32(42)44-34(4,5)6)22-25-14-12-11-13-15-25/h1,11-19,23,27-29,39H,20-22H2,2-9H3,(H,36,40)(H,37,43). The third kappa shape index (κ3) is 11.9. The Morgan fingerprint density at radius 3 is 1.96 bits per heavy atom. The normalized spacial score (nSPS) is 13.5. The van der Waals surface area contributed by atoms with Gasteiger partial charge in [0, 0.05) is 18.5 Å². The molecule has 2 aromatic carbocycles. The molecule has 3 amide bonds. The fourth-order valence-electron chi connectivity index (χ4n) is 4.50. The summed E-state index contributed by atoms with van der Waals surface area (Å²) in [6.07, 6.45) is 4.88. The molecule has 2 aromatic rings. The van der Waals surface area contributed by atoms with Crippen molar-refractivity contribution in [2.75, 3.05) is 13.2 Å². The number of nitrogens with one attached hydrogen (secondary N) is 2. The number of carbonyl (C=O) groups is 4. The summed E-state index contributed by atoms with van der Waals surface area (Å²) in [6.45, 7) is 13.1. The number of aliphatic hydroxyl groups excluding tert-OH is 1. The number of aliphatic hydroxyl groups is 1. The van der Waals surface area contributed by atoms with Gasteiger partial charge in [0.2, 0.25) is 11.8 Å². The van der Waals surface area contributed by atoms with Crippen LogP contribution in [0.25, 0.3) is 0 Å². The number of carbonyl (C=O) groups excluding carboxylic acids is 4. The molecule has 0 bridgehead atoms. The van der Waals surface area contributed by atoms with E-state index in [9.17, 15) is 24.3 Å². The number of hydrogen-bond acceptors (Lipinski definition) is 7. The Morgan fingerprint density at radius 1 is 0.889 bits per heavy atom. The molecule has 0 aliphatic heterocycles. The van der Waals surface area contributed by atoms with E-state index in [0.717, 1.165) is 5.56 Å². The van der Waals surface area contributed by atoms with Gasteiger partial charge in [-0.15, -0.1) is 6.42 Å². The summed E-state index contributed by atoms with van der Waals surface area (Å²) in [5, 5.41) is 15.5. The molecule has 0 heterocycles. The molecule has 0 aliphatic rings. The molecule has 2 rings (SSSR count). The van der Waals surface area contributed by atoms with Crippen molar-refractivity contribution in [3.05, 3.63) is 71.3 Å². The number of esters is 1. The third-order valence-corrected chi connectivity index (χ3v) is 6.47. The maximum absolute atomic E-state index is 14.2. The molecule has 10 nitrogen and oxygen atoms in total. The molecule has 0 spiro atoms. The van der Waals surface area contributed by atoms with Crippen molar-refractivity contribution in [3.63, 3.8) is 0 Å². The Bertz CT molecular complexity index is 1340. The molecular formula is C35H47N3O7. The fourth-order valence-corrected chi connectivity index (χ4v) is 4.50. The zero-order valence-electron chi connectivity index (χ0n) is 27.5. The Labute approximate surface area is 266 Å². The zero-order valence-corrected chi connectivity index (χ0v) is 27.5. The maximum Gasteiger partial charge on any atom is 0.408 e. The van der Waals surface area contributed by atoms with Gasteiger partial charge >= 0.3 is 12.1 Å². The molecule has 3 atom stereocenters. The van der Waals surface area contributed by atoms with Gasteiger partial charge in [0.15, 0.2) is 0 Å². The van der Waals surface area contributed by atoms with Crippen LogP contribution < -0.4 is 10.6 Å². The lowest BCUT2D eigenvalue weighted by Crippen LogP contribution is -2.56. The van der Waals surface area contributed by atoms with Crippen molar-refractivity contribution in [2.45, 2.75) is 91.1 Å². The minimum absolute atomic E-state index is 0.132. The van der Waals surface area contributed by atoms with Crippen molar-refractivity contribution in [2.24, 2.45) is 5.92 Å². The molecule has 45 heavy (non-hydrogen) atoms. The van der Waals surface area contributed by atoms with Gasteiger partial charge in [0.1, 0.15) is 29.3 Å². The highest BCUT2D eigenvalue weighted by Crippen LogP contribution is 2.25. The molecule has 10 heteroatoms. The Morgan fingerprint density at radius 2 is 1.47 bits per heavy atom. The van der Waals surface area contributed by atoms with E-state index in [-0.39, 0.29) is 13.0 Å². The average Bonchev–Trinajstić information content (AvgIpc) is 2.94. The summed E-state index contributed by atoms with van der Waals surface area (Å²) >= 11 is 0. The van der Waals surface area contributed by atoms with Crippen molar-refractivity contribution >= 4 is 23.9 Å². The molecule has 0 aliphatic carbocycles. The Balaban J connectivity index is 2.58. The first-order valence-corrected chi connectivity index (χ1v) is 15.0. The predicted octanol–water partition coefficient (Wildman–Crippen LogP) is 4.15.